The number of urea groups is 2. The zero-order valence-corrected chi connectivity index (χ0v) is 19.0. The standard InChI is InChI=1S/C24H21ClF2N4O3/c1-14(2)31(18-12-6-15(25)7-13-18)24(34)29-17-10-8-16(9-11-17)28-23(33)30-22(32)21-19(26)4-3-5-20(21)27/h3-14H,1-2H3,(H,29,34)(H2,28,30,32,33). The van der Waals surface area contributed by atoms with Crippen LogP contribution in [0.15, 0.2) is 66.7 Å². The van der Waals surface area contributed by atoms with E-state index in [0.717, 1.165) is 18.2 Å². The van der Waals surface area contributed by atoms with E-state index in [2.05, 4.69) is 10.6 Å². The van der Waals surface area contributed by atoms with Gasteiger partial charge in [-0.3, -0.25) is 15.0 Å². The number of nitrogens with zero attached hydrogens (tertiary/aromatic N) is 1. The molecule has 34 heavy (non-hydrogen) atoms. The van der Waals surface area contributed by atoms with E-state index in [9.17, 15) is 23.2 Å². The van der Waals surface area contributed by atoms with Gasteiger partial charge in [-0.15, -0.1) is 0 Å². The van der Waals surface area contributed by atoms with Gasteiger partial charge in [0.15, 0.2) is 0 Å². The molecule has 0 aliphatic heterocycles. The van der Waals surface area contributed by atoms with Gasteiger partial charge in [-0.1, -0.05) is 17.7 Å². The van der Waals surface area contributed by atoms with Crippen LogP contribution in [-0.2, 0) is 0 Å². The number of halogens is 3. The topological polar surface area (TPSA) is 90.5 Å². The summed E-state index contributed by atoms with van der Waals surface area (Å²) in [7, 11) is 0. The summed E-state index contributed by atoms with van der Waals surface area (Å²) in [5.74, 6) is -3.38. The number of amides is 5. The molecular formula is C24H21ClF2N4O3. The van der Waals surface area contributed by atoms with E-state index in [1.807, 2.05) is 19.2 Å². The smallest absolute Gasteiger partial charge is 0.308 e. The lowest BCUT2D eigenvalue weighted by Gasteiger charge is -2.27. The Morgan fingerprint density at radius 1 is 0.824 bits per heavy atom. The SMILES string of the molecule is CC(C)N(C(=O)Nc1ccc(NC(=O)NC(=O)c2c(F)cccc2F)cc1)c1ccc(Cl)cc1. The lowest BCUT2D eigenvalue weighted by molar-refractivity contribution is 0.0959. The molecule has 0 saturated heterocycles. The summed E-state index contributed by atoms with van der Waals surface area (Å²) in [5, 5.41) is 7.58. The molecule has 0 aliphatic rings. The second-order valence-corrected chi connectivity index (χ2v) is 7.89. The van der Waals surface area contributed by atoms with Crippen molar-refractivity contribution in [2.45, 2.75) is 19.9 Å². The second-order valence-electron chi connectivity index (χ2n) is 7.45. The lowest BCUT2D eigenvalue weighted by Crippen LogP contribution is -2.40. The molecule has 0 fully saturated rings. The molecule has 3 aromatic carbocycles. The van der Waals surface area contributed by atoms with Crippen molar-refractivity contribution in [3.05, 3.63) is 89.0 Å². The molecule has 7 nitrogen and oxygen atoms in total. The minimum Gasteiger partial charge on any atom is -0.308 e. The zero-order chi connectivity index (χ0) is 24.8. The maximum atomic E-state index is 13.7. The summed E-state index contributed by atoms with van der Waals surface area (Å²) in [6.45, 7) is 3.74. The number of imide groups is 1. The largest absolute Gasteiger partial charge is 0.326 e. The molecule has 3 aromatic rings. The van der Waals surface area contributed by atoms with E-state index in [-0.39, 0.29) is 17.8 Å². The number of carbonyl (C=O) groups excluding carboxylic acids is 3. The van der Waals surface area contributed by atoms with Gasteiger partial charge in [-0.05, 0) is 74.5 Å². The van der Waals surface area contributed by atoms with Gasteiger partial charge in [-0.25, -0.2) is 18.4 Å². The van der Waals surface area contributed by atoms with Gasteiger partial charge in [0.2, 0.25) is 0 Å². The van der Waals surface area contributed by atoms with E-state index in [1.54, 1.807) is 41.3 Å². The molecule has 0 unspecified atom stereocenters. The molecule has 0 saturated carbocycles. The summed E-state index contributed by atoms with van der Waals surface area (Å²) >= 11 is 5.92. The molecule has 10 heteroatoms. The van der Waals surface area contributed by atoms with Crippen molar-refractivity contribution in [3.8, 4) is 0 Å². The quantitative estimate of drug-likeness (QED) is 0.411. The highest BCUT2D eigenvalue weighted by Gasteiger charge is 2.20. The fourth-order valence-electron chi connectivity index (χ4n) is 3.11. The molecular weight excluding hydrogens is 466 g/mol. The van der Waals surface area contributed by atoms with Crippen molar-refractivity contribution in [3.63, 3.8) is 0 Å². The summed E-state index contributed by atoms with van der Waals surface area (Å²) in [5.41, 5.74) is 0.560. The van der Waals surface area contributed by atoms with Crippen molar-refractivity contribution in [1.82, 2.24) is 5.32 Å². The van der Waals surface area contributed by atoms with Crippen molar-refractivity contribution in [1.29, 1.82) is 0 Å². The van der Waals surface area contributed by atoms with Gasteiger partial charge in [0.1, 0.15) is 17.2 Å². The molecule has 176 valence electrons. The molecule has 3 N–H and O–H groups in total. The summed E-state index contributed by atoms with van der Waals surface area (Å²) < 4.78 is 27.4. The fraction of sp³-hybridized carbons (Fsp3) is 0.125. The van der Waals surface area contributed by atoms with E-state index >= 15 is 0 Å². The molecule has 0 spiro atoms. The molecule has 0 bridgehead atoms. The second kappa shape index (κ2) is 10.8. The van der Waals surface area contributed by atoms with Gasteiger partial charge in [0, 0.05) is 28.1 Å². The maximum Gasteiger partial charge on any atom is 0.326 e. The first-order valence-electron chi connectivity index (χ1n) is 10.2. The Bertz CT molecular complexity index is 1180. The predicted molar refractivity (Wildman–Crippen MR) is 127 cm³/mol. The number of nitrogens with one attached hydrogen (secondary N) is 3. The fourth-order valence-corrected chi connectivity index (χ4v) is 3.24. The zero-order valence-electron chi connectivity index (χ0n) is 18.2. The van der Waals surface area contributed by atoms with Crippen LogP contribution >= 0.6 is 11.6 Å². The summed E-state index contributed by atoms with van der Waals surface area (Å²) in [4.78, 5) is 38.4. The van der Waals surface area contributed by atoms with Crippen LogP contribution < -0.4 is 20.9 Å². The van der Waals surface area contributed by atoms with Crippen LogP contribution in [0.1, 0.15) is 24.2 Å². The Labute approximate surface area is 199 Å². The third-order valence-corrected chi connectivity index (χ3v) is 4.90. The maximum absolute atomic E-state index is 13.7. The van der Waals surface area contributed by atoms with E-state index in [1.165, 1.54) is 12.1 Å². The molecule has 0 heterocycles. The third-order valence-electron chi connectivity index (χ3n) is 4.65. The first-order valence-corrected chi connectivity index (χ1v) is 10.6. The van der Waals surface area contributed by atoms with Crippen molar-refractivity contribution >= 4 is 46.6 Å². The highest BCUT2D eigenvalue weighted by molar-refractivity contribution is 6.30. The first-order chi connectivity index (χ1) is 16.2. The number of hydrogen-bond acceptors (Lipinski definition) is 3. The minimum absolute atomic E-state index is 0.136. The molecule has 0 aromatic heterocycles. The Morgan fingerprint density at radius 3 is 1.88 bits per heavy atom. The van der Waals surface area contributed by atoms with E-state index in [0.29, 0.717) is 16.4 Å². The number of hydrogen-bond donors (Lipinski definition) is 3. The molecule has 3 rings (SSSR count). The van der Waals surface area contributed by atoms with Gasteiger partial charge in [0.25, 0.3) is 5.91 Å². The van der Waals surface area contributed by atoms with Crippen LogP contribution in [0.25, 0.3) is 0 Å². The van der Waals surface area contributed by atoms with Crippen LogP contribution in [-0.4, -0.2) is 24.0 Å². The summed E-state index contributed by atoms with van der Waals surface area (Å²) in [6.07, 6.45) is 0. The normalized spacial score (nSPS) is 10.5. The Kier molecular flexibility index (Phi) is 7.80. The predicted octanol–water partition coefficient (Wildman–Crippen LogP) is 6.03. The van der Waals surface area contributed by atoms with E-state index < -0.39 is 29.1 Å². The lowest BCUT2D eigenvalue weighted by atomic mass is 10.2. The van der Waals surface area contributed by atoms with Crippen molar-refractivity contribution < 1.29 is 23.2 Å². The van der Waals surface area contributed by atoms with Crippen LogP contribution in [0.5, 0.6) is 0 Å². The number of carbonyl (C=O) groups is 3. The Hall–Kier alpha value is -3.98. The third kappa shape index (κ3) is 6.08. The van der Waals surface area contributed by atoms with Gasteiger partial charge in [0.05, 0.1) is 0 Å². The van der Waals surface area contributed by atoms with Gasteiger partial charge >= 0.3 is 12.1 Å². The van der Waals surface area contributed by atoms with Crippen LogP contribution in [0.3, 0.4) is 0 Å². The highest BCUT2D eigenvalue weighted by Crippen LogP contribution is 2.22. The highest BCUT2D eigenvalue weighted by atomic mass is 35.5. The molecule has 0 radical (unpaired) electrons. The van der Waals surface area contributed by atoms with Crippen LogP contribution in [0.4, 0.5) is 35.4 Å². The molecule has 5 amide bonds. The number of benzene rings is 3. The van der Waals surface area contributed by atoms with Gasteiger partial charge in [-0.2, -0.15) is 0 Å². The van der Waals surface area contributed by atoms with Crippen LogP contribution in [0, 0.1) is 11.6 Å². The van der Waals surface area contributed by atoms with E-state index in [4.69, 9.17) is 11.6 Å². The molecule has 0 atom stereocenters. The average Bonchev–Trinajstić information content (AvgIpc) is 2.76. The van der Waals surface area contributed by atoms with Crippen molar-refractivity contribution in [2.75, 3.05) is 15.5 Å². The number of anilines is 3. The molecule has 0 aliphatic carbocycles. The average molecular weight is 487 g/mol. The Morgan fingerprint density at radius 2 is 1.35 bits per heavy atom. The van der Waals surface area contributed by atoms with Crippen molar-refractivity contribution in [2.24, 2.45) is 0 Å². The summed E-state index contributed by atoms with van der Waals surface area (Å²) in [6, 6.07) is 14.4. The minimum atomic E-state index is -1.21. The Balaban J connectivity index is 1.62. The van der Waals surface area contributed by atoms with Crippen LogP contribution in [0.2, 0.25) is 5.02 Å². The number of rotatable bonds is 5. The monoisotopic (exact) mass is 486 g/mol. The van der Waals surface area contributed by atoms with Gasteiger partial charge < -0.3 is 10.6 Å². The first kappa shape index (κ1) is 24.7.